The van der Waals surface area contributed by atoms with Crippen LogP contribution in [0.4, 0.5) is 0 Å². The second-order valence-electron chi connectivity index (χ2n) is 5.32. The molecule has 0 spiro atoms. The van der Waals surface area contributed by atoms with Gasteiger partial charge in [0.25, 0.3) is 0 Å². The van der Waals surface area contributed by atoms with E-state index in [0.717, 1.165) is 38.0 Å². The fraction of sp³-hybridized carbons (Fsp3) is 1.00. The molecule has 3 nitrogen and oxygen atoms in total. The van der Waals surface area contributed by atoms with Crippen molar-refractivity contribution in [2.75, 3.05) is 39.3 Å². The Balaban J connectivity index is 2.24. The lowest BCUT2D eigenvalue weighted by molar-refractivity contribution is 0.348. The van der Waals surface area contributed by atoms with Crippen LogP contribution in [0, 0.1) is 11.8 Å². The minimum Gasteiger partial charge on any atom is -0.315 e. The number of rotatable bonds is 2. The summed E-state index contributed by atoms with van der Waals surface area (Å²) < 4.78 is 0. The predicted octanol–water partition coefficient (Wildman–Crippen LogP) is 1.21. The normalized spacial score (nSPS) is 22.7. The zero-order chi connectivity index (χ0) is 11.6. The molecule has 0 bridgehead atoms. The van der Waals surface area contributed by atoms with Crippen molar-refractivity contribution in [3.05, 3.63) is 0 Å². The Morgan fingerprint density at radius 2 is 1.25 bits per heavy atom. The summed E-state index contributed by atoms with van der Waals surface area (Å²) in [4.78, 5) is 0. The molecule has 3 N–H and O–H groups in total. The van der Waals surface area contributed by atoms with E-state index < -0.39 is 0 Å². The fourth-order valence-corrected chi connectivity index (χ4v) is 2.39. The van der Waals surface area contributed by atoms with E-state index in [9.17, 15) is 0 Å². The third-order valence-electron chi connectivity index (χ3n) is 3.22. The molecule has 0 unspecified atom stereocenters. The summed E-state index contributed by atoms with van der Waals surface area (Å²) in [7, 11) is 0. The first kappa shape index (κ1) is 13.9. The molecule has 1 aliphatic heterocycles. The lowest BCUT2D eigenvalue weighted by Crippen LogP contribution is -2.35. The first-order chi connectivity index (χ1) is 7.79. The minimum absolute atomic E-state index is 0.833. The summed E-state index contributed by atoms with van der Waals surface area (Å²) in [6.45, 7) is 11.4. The van der Waals surface area contributed by atoms with E-state index in [1.165, 1.54) is 32.4 Å². The van der Waals surface area contributed by atoms with Crippen LogP contribution in [0.25, 0.3) is 0 Å². The van der Waals surface area contributed by atoms with Crippen LogP contribution in [0.1, 0.15) is 33.1 Å². The van der Waals surface area contributed by atoms with Gasteiger partial charge in [0.1, 0.15) is 0 Å². The molecule has 0 aromatic heterocycles. The second kappa shape index (κ2) is 8.97. The van der Waals surface area contributed by atoms with E-state index >= 15 is 0 Å². The van der Waals surface area contributed by atoms with Crippen molar-refractivity contribution in [2.45, 2.75) is 33.1 Å². The van der Waals surface area contributed by atoms with E-state index in [2.05, 4.69) is 29.8 Å². The van der Waals surface area contributed by atoms with Crippen molar-refractivity contribution >= 4 is 0 Å². The molecule has 96 valence electrons. The summed E-state index contributed by atoms with van der Waals surface area (Å²) in [6.07, 6.45) is 4.04. The average Bonchev–Trinajstić information content (AvgIpc) is 2.21. The van der Waals surface area contributed by atoms with Crippen LogP contribution >= 0.6 is 0 Å². The number of nitrogens with one attached hydrogen (secondary N) is 3. The highest BCUT2D eigenvalue weighted by Gasteiger charge is 2.10. The molecule has 0 aromatic rings. The Labute approximate surface area is 101 Å². The monoisotopic (exact) mass is 227 g/mol. The molecule has 1 saturated heterocycles. The lowest BCUT2D eigenvalue weighted by Gasteiger charge is -2.20. The highest BCUT2D eigenvalue weighted by molar-refractivity contribution is 4.67. The van der Waals surface area contributed by atoms with E-state index in [1.54, 1.807) is 0 Å². The number of hydrogen-bond acceptors (Lipinski definition) is 3. The van der Waals surface area contributed by atoms with E-state index in [4.69, 9.17) is 0 Å². The maximum absolute atomic E-state index is 3.52. The highest BCUT2D eigenvalue weighted by Crippen LogP contribution is 2.18. The van der Waals surface area contributed by atoms with Crippen molar-refractivity contribution in [3.8, 4) is 0 Å². The van der Waals surface area contributed by atoms with Crippen LogP contribution in [0.15, 0.2) is 0 Å². The van der Waals surface area contributed by atoms with Gasteiger partial charge in [-0.3, -0.25) is 0 Å². The SMILES string of the molecule is CC(C)CC1CCNCCNCCNCC1. The summed E-state index contributed by atoms with van der Waals surface area (Å²) >= 11 is 0. The van der Waals surface area contributed by atoms with Gasteiger partial charge in [0.05, 0.1) is 0 Å². The van der Waals surface area contributed by atoms with E-state index in [0.29, 0.717) is 0 Å². The predicted molar refractivity (Wildman–Crippen MR) is 70.8 cm³/mol. The van der Waals surface area contributed by atoms with Gasteiger partial charge in [0.15, 0.2) is 0 Å². The largest absolute Gasteiger partial charge is 0.315 e. The highest BCUT2D eigenvalue weighted by atomic mass is 15.0. The summed E-state index contributed by atoms with van der Waals surface area (Å²) in [5.74, 6) is 1.73. The standard InChI is InChI=1S/C13H29N3/c1-12(2)11-13-3-5-14-7-9-16-10-8-15-6-4-13/h12-16H,3-11H2,1-2H3. The molecule has 1 aliphatic rings. The first-order valence-corrected chi connectivity index (χ1v) is 6.91. The van der Waals surface area contributed by atoms with Crippen molar-refractivity contribution in [3.63, 3.8) is 0 Å². The molecule has 16 heavy (non-hydrogen) atoms. The number of hydrogen-bond donors (Lipinski definition) is 3. The summed E-state index contributed by atoms with van der Waals surface area (Å²) in [5, 5.41) is 10.5. The van der Waals surface area contributed by atoms with Crippen LogP contribution in [-0.2, 0) is 0 Å². The molecule has 0 atom stereocenters. The maximum Gasteiger partial charge on any atom is 0.00772 e. The molecule has 1 heterocycles. The summed E-state index contributed by atoms with van der Waals surface area (Å²) in [6, 6.07) is 0. The molecule has 0 amide bonds. The smallest absolute Gasteiger partial charge is 0.00772 e. The van der Waals surface area contributed by atoms with Gasteiger partial charge in [-0.25, -0.2) is 0 Å². The van der Waals surface area contributed by atoms with Gasteiger partial charge in [-0.1, -0.05) is 13.8 Å². The Hall–Kier alpha value is -0.120. The van der Waals surface area contributed by atoms with Gasteiger partial charge in [-0.2, -0.15) is 0 Å². The molecule has 1 fully saturated rings. The fourth-order valence-electron chi connectivity index (χ4n) is 2.39. The van der Waals surface area contributed by atoms with Crippen molar-refractivity contribution in [2.24, 2.45) is 11.8 Å². The van der Waals surface area contributed by atoms with Gasteiger partial charge in [0.2, 0.25) is 0 Å². The maximum atomic E-state index is 3.52. The van der Waals surface area contributed by atoms with E-state index in [1.807, 2.05) is 0 Å². The first-order valence-electron chi connectivity index (χ1n) is 6.91. The Morgan fingerprint density at radius 1 is 0.812 bits per heavy atom. The van der Waals surface area contributed by atoms with E-state index in [-0.39, 0.29) is 0 Å². The average molecular weight is 227 g/mol. The third kappa shape index (κ3) is 7.20. The topological polar surface area (TPSA) is 36.1 Å². The molecule has 0 radical (unpaired) electrons. The zero-order valence-electron chi connectivity index (χ0n) is 11.0. The Morgan fingerprint density at radius 3 is 1.69 bits per heavy atom. The zero-order valence-corrected chi connectivity index (χ0v) is 11.0. The molecule has 0 aromatic carbocycles. The van der Waals surface area contributed by atoms with Crippen LogP contribution < -0.4 is 16.0 Å². The van der Waals surface area contributed by atoms with Crippen LogP contribution in [0.3, 0.4) is 0 Å². The van der Waals surface area contributed by atoms with Gasteiger partial charge in [-0.15, -0.1) is 0 Å². The molecular formula is C13H29N3. The molecular weight excluding hydrogens is 198 g/mol. The van der Waals surface area contributed by atoms with Gasteiger partial charge < -0.3 is 16.0 Å². The van der Waals surface area contributed by atoms with Crippen molar-refractivity contribution in [1.29, 1.82) is 0 Å². The second-order valence-corrected chi connectivity index (χ2v) is 5.32. The van der Waals surface area contributed by atoms with Crippen molar-refractivity contribution < 1.29 is 0 Å². The molecule has 1 rings (SSSR count). The summed E-state index contributed by atoms with van der Waals surface area (Å²) in [5.41, 5.74) is 0. The molecule has 3 heteroatoms. The van der Waals surface area contributed by atoms with Crippen LogP contribution in [0.2, 0.25) is 0 Å². The van der Waals surface area contributed by atoms with Gasteiger partial charge in [0, 0.05) is 26.2 Å². The quantitative estimate of drug-likeness (QED) is 0.664. The minimum atomic E-state index is 0.833. The lowest BCUT2D eigenvalue weighted by atomic mass is 9.91. The van der Waals surface area contributed by atoms with Crippen LogP contribution in [0.5, 0.6) is 0 Å². The van der Waals surface area contributed by atoms with Gasteiger partial charge >= 0.3 is 0 Å². The molecule has 0 saturated carbocycles. The Bertz CT molecular complexity index is 147. The third-order valence-corrected chi connectivity index (χ3v) is 3.22. The van der Waals surface area contributed by atoms with Crippen LogP contribution in [-0.4, -0.2) is 39.3 Å². The van der Waals surface area contributed by atoms with Crippen molar-refractivity contribution in [1.82, 2.24) is 16.0 Å². The van der Waals surface area contributed by atoms with Gasteiger partial charge in [-0.05, 0) is 44.2 Å². The molecule has 0 aliphatic carbocycles. The Kier molecular flexibility index (Phi) is 7.81.